The fraction of sp³-hybridized carbons (Fsp3) is 0.133. The van der Waals surface area contributed by atoms with E-state index < -0.39 is 10.0 Å². The molecular formula is C15H14ClN3O3S. The predicted octanol–water partition coefficient (Wildman–Crippen LogP) is 1.79. The Morgan fingerprint density at radius 2 is 2.17 bits per heavy atom. The van der Waals surface area contributed by atoms with Crippen molar-refractivity contribution in [1.29, 1.82) is 0 Å². The van der Waals surface area contributed by atoms with Crippen LogP contribution >= 0.6 is 11.6 Å². The van der Waals surface area contributed by atoms with Gasteiger partial charge < -0.3 is 10.2 Å². The van der Waals surface area contributed by atoms with Crippen LogP contribution in [0.2, 0.25) is 5.02 Å². The molecule has 0 radical (unpaired) electrons. The van der Waals surface area contributed by atoms with Crippen molar-refractivity contribution in [2.75, 3.05) is 0 Å². The Morgan fingerprint density at radius 3 is 2.96 bits per heavy atom. The summed E-state index contributed by atoms with van der Waals surface area (Å²) in [5, 5.41) is 4.42. The summed E-state index contributed by atoms with van der Waals surface area (Å²) in [6.07, 6.45) is 5.26. The van der Waals surface area contributed by atoms with E-state index in [1.54, 1.807) is 35.4 Å². The maximum absolute atomic E-state index is 12.4. The standard InChI is InChI=1S/C15H14ClN3O3S/c16-12-4-1-3-11(9-12)10-17-15(20)13-5-2-6-19-7-8-23(21,22)18-14(13)19/h1-4,6-9,18H,5,10H2,(H,17,20). The van der Waals surface area contributed by atoms with E-state index in [1.807, 2.05) is 6.07 Å². The maximum atomic E-state index is 12.4. The number of amides is 1. The summed E-state index contributed by atoms with van der Waals surface area (Å²) >= 11 is 5.91. The summed E-state index contributed by atoms with van der Waals surface area (Å²) in [6, 6.07) is 7.17. The molecule has 1 aromatic rings. The number of nitrogens with zero attached hydrogens (tertiary/aromatic N) is 1. The van der Waals surface area contributed by atoms with Crippen molar-refractivity contribution in [2.45, 2.75) is 13.0 Å². The van der Waals surface area contributed by atoms with Crippen molar-refractivity contribution < 1.29 is 13.2 Å². The highest BCUT2D eigenvalue weighted by molar-refractivity contribution is 7.92. The minimum Gasteiger partial charge on any atom is -0.348 e. The molecule has 0 fully saturated rings. The van der Waals surface area contributed by atoms with Gasteiger partial charge in [-0.1, -0.05) is 29.8 Å². The molecule has 0 spiro atoms. The third-order valence-electron chi connectivity index (χ3n) is 3.39. The lowest BCUT2D eigenvalue weighted by molar-refractivity contribution is -0.117. The van der Waals surface area contributed by atoms with Gasteiger partial charge >= 0.3 is 0 Å². The molecule has 0 unspecified atom stereocenters. The average molecular weight is 352 g/mol. The highest BCUT2D eigenvalue weighted by Crippen LogP contribution is 2.23. The van der Waals surface area contributed by atoms with Crippen LogP contribution in [0.15, 0.2) is 59.5 Å². The first kappa shape index (κ1) is 15.6. The molecule has 0 aromatic heterocycles. The minimum atomic E-state index is -3.55. The molecule has 0 bridgehead atoms. The number of hydrogen-bond donors (Lipinski definition) is 2. The number of rotatable bonds is 3. The highest BCUT2D eigenvalue weighted by Gasteiger charge is 2.26. The fourth-order valence-corrected chi connectivity index (χ4v) is 3.37. The normalized spacial score (nSPS) is 18.4. The predicted molar refractivity (Wildman–Crippen MR) is 87.1 cm³/mol. The summed E-state index contributed by atoms with van der Waals surface area (Å²) in [6.45, 7) is 0.308. The van der Waals surface area contributed by atoms with Gasteiger partial charge in [-0.2, -0.15) is 0 Å². The quantitative estimate of drug-likeness (QED) is 0.870. The van der Waals surface area contributed by atoms with Crippen molar-refractivity contribution >= 4 is 27.5 Å². The summed E-state index contributed by atoms with van der Waals surface area (Å²) in [5.41, 5.74) is 1.23. The largest absolute Gasteiger partial charge is 0.348 e. The summed E-state index contributed by atoms with van der Waals surface area (Å²) in [4.78, 5) is 14.0. The van der Waals surface area contributed by atoms with Crippen LogP contribution in [-0.4, -0.2) is 19.2 Å². The molecule has 120 valence electrons. The lowest BCUT2D eigenvalue weighted by Gasteiger charge is -2.29. The van der Waals surface area contributed by atoms with Gasteiger partial charge in [-0.3, -0.25) is 9.52 Å². The molecule has 6 nitrogen and oxygen atoms in total. The molecule has 2 heterocycles. The van der Waals surface area contributed by atoms with Gasteiger partial charge in [-0.25, -0.2) is 8.42 Å². The first-order chi connectivity index (χ1) is 10.9. The molecule has 3 rings (SSSR count). The van der Waals surface area contributed by atoms with E-state index in [0.717, 1.165) is 11.0 Å². The van der Waals surface area contributed by atoms with Crippen LogP contribution in [0.25, 0.3) is 0 Å². The molecule has 23 heavy (non-hydrogen) atoms. The second kappa shape index (κ2) is 6.10. The van der Waals surface area contributed by atoms with Crippen molar-refractivity contribution in [3.05, 3.63) is 70.1 Å². The summed E-state index contributed by atoms with van der Waals surface area (Å²) in [7, 11) is -3.55. The van der Waals surface area contributed by atoms with Crippen LogP contribution in [0.5, 0.6) is 0 Å². The van der Waals surface area contributed by atoms with Gasteiger partial charge in [0, 0.05) is 30.4 Å². The smallest absolute Gasteiger partial charge is 0.257 e. The first-order valence-corrected chi connectivity index (χ1v) is 8.79. The Hall–Kier alpha value is -2.25. The van der Waals surface area contributed by atoms with Gasteiger partial charge in [-0.05, 0) is 17.7 Å². The van der Waals surface area contributed by atoms with Crippen LogP contribution in [0.3, 0.4) is 0 Å². The number of nitrogens with one attached hydrogen (secondary N) is 2. The Bertz CT molecular complexity index is 843. The molecule has 0 aliphatic carbocycles. The van der Waals surface area contributed by atoms with Crippen molar-refractivity contribution in [3.63, 3.8) is 0 Å². The van der Waals surface area contributed by atoms with E-state index >= 15 is 0 Å². The highest BCUT2D eigenvalue weighted by atomic mass is 35.5. The molecule has 8 heteroatoms. The molecular weight excluding hydrogens is 338 g/mol. The topological polar surface area (TPSA) is 78.5 Å². The van der Waals surface area contributed by atoms with Crippen molar-refractivity contribution in [2.24, 2.45) is 0 Å². The van der Waals surface area contributed by atoms with E-state index in [2.05, 4.69) is 10.0 Å². The van der Waals surface area contributed by atoms with E-state index in [4.69, 9.17) is 11.6 Å². The molecule has 0 saturated carbocycles. The molecule has 2 aliphatic heterocycles. The zero-order valence-corrected chi connectivity index (χ0v) is 13.6. The molecule has 2 N–H and O–H groups in total. The third-order valence-corrected chi connectivity index (χ3v) is 4.58. The van der Waals surface area contributed by atoms with Crippen molar-refractivity contribution in [3.8, 4) is 0 Å². The van der Waals surface area contributed by atoms with Gasteiger partial charge in [0.25, 0.3) is 15.9 Å². The number of fused-ring (bicyclic) bond motifs is 1. The van der Waals surface area contributed by atoms with Gasteiger partial charge in [0.05, 0.1) is 11.0 Å². The Balaban J connectivity index is 1.78. The van der Waals surface area contributed by atoms with Gasteiger partial charge in [-0.15, -0.1) is 0 Å². The minimum absolute atomic E-state index is 0.263. The van der Waals surface area contributed by atoms with Crippen LogP contribution in [-0.2, 0) is 21.4 Å². The van der Waals surface area contributed by atoms with E-state index in [-0.39, 0.29) is 11.7 Å². The number of benzene rings is 1. The zero-order valence-electron chi connectivity index (χ0n) is 12.0. The number of carbonyl (C=O) groups is 1. The Labute approximate surface area is 139 Å². The van der Waals surface area contributed by atoms with Gasteiger partial charge in [0.2, 0.25) is 0 Å². The SMILES string of the molecule is O=C(NCc1cccc(Cl)c1)C1=C2NS(=O)(=O)C=CN2C=CC1. The zero-order chi connectivity index (χ0) is 16.4. The molecule has 2 aliphatic rings. The second-order valence-electron chi connectivity index (χ2n) is 5.07. The second-order valence-corrected chi connectivity index (χ2v) is 7.07. The first-order valence-electron chi connectivity index (χ1n) is 6.86. The number of hydrogen-bond acceptors (Lipinski definition) is 4. The number of allylic oxidation sites excluding steroid dienone is 1. The molecule has 0 atom stereocenters. The molecule has 1 amide bonds. The third kappa shape index (κ3) is 3.57. The van der Waals surface area contributed by atoms with E-state index in [0.29, 0.717) is 23.6 Å². The average Bonchev–Trinajstić information content (AvgIpc) is 2.51. The number of halogens is 1. The number of sulfonamides is 1. The Kier molecular flexibility index (Phi) is 4.14. The van der Waals surface area contributed by atoms with Gasteiger partial charge in [0.15, 0.2) is 0 Å². The monoisotopic (exact) mass is 351 g/mol. The Morgan fingerprint density at radius 1 is 1.35 bits per heavy atom. The maximum Gasteiger partial charge on any atom is 0.257 e. The van der Waals surface area contributed by atoms with Gasteiger partial charge in [0.1, 0.15) is 5.82 Å². The summed E-state index contributed by atoms with van der Waals surface area (Å²) in [5.74, 6) is -0.0640. The van der Waals surface area contributed by atoms with Crippen LogP contribution in [0.4, 0.5) is 0 Å². The lowest BCUT2D eigenvalue weighted by Crippen LogP contribution is -2.38. The summed E-state index contributed by atoms with van der Waals surface area (Å²) < 4.78 is 25.7. The lowest BCUT2D eigenvalue weighted by atomic mass is 10.1. The van der Waals surface area contributed by atoms with Crippen LogP contribution in [0, 0.1) is 0 Å². The van der Waals surface area contributed by atoms with Crippen LogP contribution < -0.4 is 10.0 Å². The molecule has 1 aromatic carbocycles. The van der Waals surface area contributed by atoms with E-state index in [9.17, 15) is 13.2 Å². The molecule has 0 saturated heterocycles. The fourth-order valence-electron chi connectivity index (χ4n) is 2.30. The van der Waals surface area contributed by atoms with Crippen LogP contribution in [0.1, 0.15) is 12.0 Å². The van der Waals surface area contributed by atoms with E-state index in [1.165, 1.54) is 6.20 Å². The van der Waals surface area contributed by atoms with Crippen molar-refractivity contribution in [1.82, 2.24) is 14.9 Å². The number of carbonyl (C=O) groups excluding carboxylic acids is 1.